The van der Waals surface area contributed by atoms with Gasteiger partial charge in [-0.2, -0.15) is 0 Å². The van der Waals surface area contributed by atoms with Gasteiger partial charge in [-0.25, -0.2) is 9.59 Å². The Kier molecular flexibility index (Phi) is 6.40. The summed E-state index contributed by atoms with van der Waals surface area (Å²) in [6, 6.07) is 22.8. The molecule has 6 nitrogen and oxygen atoms in total. The van der Waals surface area contributed by atoms with Gasteiger partial charge in [0.05, 0.1) is 11.4 Å². The van der Waals surface area contributed by atoms with E-state index in [1.807, 2.05) is 72.5 Å². The third-order valence-corrected chi connectivity index (χ3v) is 5.66. The minimum Gasteiger partial charge on any atom is -0.320 e. The molecule has 32 heavy (non-hydrogen) atoms. The number of hydrogen-bond acceptors (Lipinski definition) is 2. The number of aryl methyl sites for hydroxylation is 2. The normalized spacial score (nSPS) is 13.8. The molecule has 0 atom stereocenters. The van der Waals surface area contributed by atoms with Gasteiger partial charge >= 0.3 is 12.1 Å². The number of nitrogens with one attached hydrogen (secondary N) is 2. The van der Waals surface area contributed by atoms with Crippen LogP contribution in [-0.4, -0.2) is 30.1 Å². The largest absolute Gasteiger partial charge is 0.324 e. The predicted octanol–water partition coefficient (Wildman–Crippen LogP) is 5.78. The van der Waals surface area contributed by atoms with E-state index in [0.29, 0.717) is 36.7 Å². The van der Waals surface area contributed by atoms with Gasteiger partial charge in [-0.1, -0.05) is 48.5 Å². The molecule has 3 aromatic rings. The van der Waals surface area contributed by atoms with Crippen molar-refractivity contribution in [3.63, 3.8) is 0 Å². The summed E-state index contributed by atoms with van der Waals surface area (Å²) in [5.74, 6) is 0. The van der Waals surface area contributed by atoms with Crippen LogP contribution in [-0.2, 0) is 6.54 Å². The molecule has 1 saturated heterocycles. The van der Waals surface area contributed by atoms with E-state index >= 15 is 0 Å². The molecular weight excluding hydrogens is 400 g/mol. The van der Waals surface area contributed by atoms with Gasteiger partial charge in [0.2, 0.25) is 0 Å². The Hall–Kier alpha value is -3.80. The summed E-state index contributed by atoms with van der Waals surface area (Å²) in [5.41, 5.74) is 5.35. The fourth-order valence-corrected chi connectivity index (χ4v) is 3.94. The Balaban J connectivity index is 1.54. The van der Waals surface area contributed by atoms with Crippen molar-refractivity contribution in [2.75, 3.05) is 28.6 Å². The summed E-state index contributed by atoms with van der Waals surface area (Å²) in [5, 5.41) is 5.76. The monoisotopic (exact) mass is 428 g/mol. The third kappa shape index (κ3) is 4.91. The van der Waals surface area contributed by atoms with Crippen LogP contribution >= 0.6 is 0 Å². The molecule has 164 valence electrons. The standard InChI is InChI=1S/C26H28N4O2/c1-19-13-14-24(23(17-19)28-25(31)27-22-11-4-3-5-12-22)30-16-8-15-29(26(30)32)18-21-10-7-6-9-20(21)2/h3-7,9-14,17H,8,15-16,18H2,1-2H3,(H2,27,28,31). The van der Waals surface area contributed by atoms with E-state index < -0.39 is 0 Å². The Morgan fingerprint density at radius 2 is 1.66 bits per heavy atom. The molecule has 0 radical (unpaired) electrons. The highest BCUT2D eigenvalue weighted by atomic mass is 16.2. The number of benzene rings is 3. The van der Waals surface area contributed by atoms with Crippen LogP contribution in [0.15, 0.2) is 72.8 Å². The van der Waals surface area contributed by atoms with Gasteiger partial charge in [0.25, 0.3) is 0 Å². The first-order valence-corrected chi connectivity index (χ1v) is 10.9. The number of amides is 4. The van der Waals surface area contributed by atoms with Crippen LogP contribution in [0.1, 0.15) is 23.1 Å². The van der Waals surface area contributed by atoms with Crippen molar-refractivity contribution in [1.29, 1.82) is 0 Å². The molecule has 0 aromatic heterocycles. The highest BCUT2D eigenvalue weighted by molar-refractivity contribution is 6.04. The van der Waals surface area contributed by atoms with Crippen LogP contribution < -0.4 is 15.5 Å². The molecule has 0 bridgehead atoms. The van der Waals surface area contributed by atoms with Crippen molar-refractivity contribution in [2.45, 2.75) is 26.8 Å². The molecule has 6 heteroatoms. The number of urea groups is 2. The maximum atomic E-state index is 13.4. The molecule has 0 aliphatic carbocycles. The Labute approximate surface area is 188 Å². The number of anilines is 3. The lowest BCUT2D eigenvalue weighted by Crippen LogP contribution is -2.49. The Bertz CT molecular complexity index is 1110. The van der Waals surface area contributed by atoms with Crippen LogP contribution in [0.2, 0.25) is 0 Å². The summed E-state index contributed by atoms with van der Waals surface area (Å²) < 4.78 is 0. The Morgan fingerprint density at radius 3 is 2.44 bits per heavy atom. The maximum absolute atomic E-state index is 13.4. The first-order valence-electron chi connectivity index (χ1n) is 10.9. The van der Waals surface area contributed by atoms with Crippen LogP contribution in [0.25, 0.3) is 0 Å². The van der Waals surface area contributed by atoms with Crippen LogP contribution in [0.4, 0.5) is 26.7 Å². The molecule has 2 N–H and O–H groups in total. The molecule has 1 heterocycles. The van der Waals surface area contributed by atoms with Crippen molar-refractivity contribution < 1.29 is 9.59 Å². The highest BCUT2D eigenvalue weighted by Gasteiger charge is 2.29. The molecule has 1 fully saturated rings. The molecular formula is C26H28N4O2. The van der Waals surface area contributed by atoms with E-state index in [-0.39, 0.29) is 12.1 Å². The Morgan fingerprint density at radius 1 is 0.906 bits per heavy atom. The number of rotatable bonds is 5. The van der Waals surface area contributed by atoms with Crippen LogP contribution in [0, 0.1) is 13.8 Å². The number of hydrogen-bond donors (Lipinski definition) is 2. The second-order valence-corrected chi connectivity index (χ2v) is 8.10. The smallest absolute Gasteiger partial charge is 0.320 e. The first kappa shape index (κ1) is 21.4. The number of para-hydroxylation sites is 1. The number of nitrogens with zero attached hydrogens (tertiary/aromatic N) is 2. The van der Waals surface area contributed by atoms with E-state index in [0.717, 1.165) is 17.5 Å². The molecule has 0 unspecified atom stereocenters. The van der Waals surface area contributed by atoms with Crippen LogP contribution in [0.3, 0.4) is 0 Å². The van der Waals surface area contributed by atoms with Crippen LogP contribution in [0.5, 0.6) is 0 Å². The van der Waals surface area contributed by atoms with E-state index in [1.165, 1.54) is 5.56 Å². The van der Waals surface area contributed by atoms with Gasteiger partial charge in [-0.15, -0.1) is 0 Å². The van der Waals surface area contributed by atoms with Gasteiger partial charge in [0.15, 0.2) is 0 Å². The van der Waals surface area contributed by atoms with Crippen molar-refractivity contribution in [2.24, 2.45) is 0 Å². The van der Waals surface area contributed by atoms with Gasteiger partial charge in [0, 0.05) is 25.3 Å². The molecule has 1 aliphatic rings. The number of carbonyl (C=O) groups excluding carboxylic acids is 2. The molecule has 0 saturated carbocycles. The maximum Gasteiger partial charge on any atom is 0.324 e. The van der Waals surface area contributed by atoms with Crippen molar-refractivity contribution in [3.8, 4) is 0 Å². The first-order chi connectivity index (χ1) is 15.5. The van der Waals surface area contributed by atoms with E-state index in [1.54, 1.807) is 4.90 Å². The van der Waals surface area contributed by atoms with E-state index in [4.69, 9.17) is 0 Å². The average Bonchev–Trinajstić information content (AvgIpc) is 2.78. The summed E-state index contributed by atoms with van der Waals surface area (Å²) in [7, 11) is 0. The van der Waals surface area contributed by atoms with Gasteiger partial charge in [-0.05, 0) is 61.2 Å². The van der Waals surface area contributed by atoms with E-state index in [2.05, 4.69) is 29.7 Å². The summed E-state index contributed by atoms with van der Waals surface area (Å²) in [6.45, 7) is 5.93. The zero-order chi connectivity index (χ0) is 22.5. The quantitative estimate of drug-likeness (QED) is 0.541. The topological polar surface area (TPSA) is 64.7 Å². The molecule has 0 spiro atoms. The van der Waals surface area contributed by atoms with Gasteiger partial charge < -0.3 is 15.5 Å². The average molecular weight is 429 g/mol. The third-order valence-electron chi connectivity index (χ3n) is 5.66. The van der Waals surface area contributed by atoms with Crippen molar-refractivity contribution in [3.05, 3.63) is 89.5 Å². The minimum atomic E-state index is -0.343. The fourth-order valence-electron chi connectivity index (χ4n) is 3.94. The van der Waals surface area contributed by atoms with E-state index in [9.17, 15) is 9.59 Å². The zero-order valence-corrected chi connectivity index (χ0v) is 18.5. The summed E-state index contributed by atoms with van der Waals surface area (Å²) >= 11 is 0. The number of carbonyl (C=O) groups is 2. The molecule has 1 aliphatic heterocycles. The lowest BCUT2D eigenvalue weighted by Gasteiger charge is -2.36. The van der Waals surface area contributed by atoms with Crippen molar-refractivity contribution >= 4 is 29.1 Å². The summed E-state index contributed by atoms with van der Waals surface area (Å²) in [6.07, 6.45) is 0.862. The van der Waals surface area contributed by atoms with Crippen molar-refractivity contribution in [1.82, 2.24) is 4.90 Å². The SMILES string of the molecule is Cc1ccc(N2CCCN(Cc3ccccc3C)C2=O)c(NC(=O)Nc2ccccc2)c1. The lowest BCUT2D eigenvalue weighted by atomic mass is 10.1. The zero-order valence-electron chi connectivity index (χ0n) is 18.5. The highest BCUT2D eigenvalue weighted by Crippen LogP contribution is 2.30. The molecule has 4 rings (SSSR count). The summed E-state index contributed by atoms with van der Waals surface area (Å²) in [4.78, 5) is 29.6. The molecule has 4 amide bonds. The second-order valence-electron chi connectivity index (χ2n) is 8.10. The second kappa shape index (κ2) is 9.56. The lowest BCUT2D eigenvalue weighted by molar-refractivity contribution is 0.192. The molecule has 3 aromatic carbocycles. The minimum absolute atomic E-state index is 0.0464. The van der Waals surface area contributed by atoms with Gasteiger partial charge in [0.1, 0.15) is 0 Å². The van der Waals surface area contributed by atoms with Gasteiger partial charge in [-0.3, -0.25) is 4.90 Å². The fraction of sp³-hybridized carbons (Fsp3) is 0.231. The predicted molar refractivity (Wildman–Crippen MR) is 129 cm³/mol.